The minimum Gasteiger partial charge on any atom is -0.337 e. The fraction of sp³-hybridized carbons (Fsp3) is 0.0667. The average Bonchev–Trinajstić information content (AvgIpc) is 3.16. The number of hydrogen-bond acceptors (Lipinski definition) is 5. The summed E-state index contributed by atoms with van der Waals surface area (Å²) < 4.78 is 1.80. The maximum Gasteiger partial charge on any atom is 0.168 e. The predicted molar refractivity (Wildman–Crippen MR) is 83.3 cm³/mol. The number of aromatic nitrogens is 6. The normalized spacial score (nSPS) is 11.0. The Morgan fingerprint density at radius 3 is 2.73 bits per heavy atom. The molecule has 0 aliphatic rings. The molecular weight excluding hydrogens is 278 g/mol. The molecule has 0 unspecified atom stereocenters. The standard InChI is InChI=1S/C15H13N7/c1-10-13(8-18-21-10)20-14-12-7-19-22(15(12)17-9-16-14)11-5-3-2-4-6-11/h2-9H,1H3,(H,18,21)(H,16,17,20). The van der Waals surface area contributed by atoms with Crippen molar-refractivity contribution in [2.24, 2.45) is 0 Å². The number of nitrogens with zero attached hydrogens (tertiary/aromatic N) is 5. The second kappa shape index (κ2) is 4.96. The molecule has 0 radical (unpaired) electrons. The van der Waals surface area contributed by atoms with E-state index in [9.17, 15) is 0 Å². The Labute approximate surface area is 126 Å². The van der Waals surface area contributed by atoms with Crippen LogP contribution in [0.4, 0.5) is 11.5 Å². The maximum absolute atomic E-state index is 4.43. The smallest absolute Gasteiger partial charge is 0.168 e. The number of fused-ring (bicyclic) bond motifs is 1. The number of aromatic amines is 1. The third kappa shape index (κ3) is 1.99. The summed E-state index contributed by atoms with van der Waals surface area (Å²) in [5.74, 6) is 0.705. The van der Waals surface area contributed by atoms with Crippen LogP contribution in [-0.2, 0) is 0 Å². The summed E-state index contributed by atoms with van der Waals surface area (Å²) in [6.07, 6.45) is 5.02. The molecule has 7 nitrogen and oxygen atoms in total. The minimum atomic E-state index is 0.705. The number of nitrogens with one attached hydrogen (secondary N) is 2. The van der Waals surface area contributed by atoms with Gasteiger partial charge in [0.1, 0.15) is 12.1 Å². The summed E-state index contributed by atoms with van der Waals surface area (Å²) in [5, 5.41) is 15.4. The summed E-state index contributed by atoms with van der Waals surface area (Å²) in [4.78, 5) is 8.67. The summed E-state index contributed by atoms with van der Waals surface area (Å²) >= 11 is 0. The molecule has 0 saturated carbocycles. The van der Waals surface area contributed by atoms with E-state index >= 15 is 0 Å². The van der Waals surface area contributed by atoms with Crippen LogP contribution < -0.4 is 5.32 Å². The fourth-order valence-electron chi connectivity index (χ4n) is 2.31. The number of para-hydroxylation sites is 1. The molecule has 4 aromatic rings. The van der Waals surface area contributed by atoms with Gasteiger partial charge in [-0.15, -0.1) is 0 Å². The number of H-pyrrole nitrogens is 1. The highest BCUT2D eigenvalue weighted by atomic mass is 15.3. The summed E-state index contributed by atoms with van der Waals surface area (Å²) in [6, 6.07) is 9.89. The van der Waals surface area contributed by atoms with Gasteiger partial charge in [-0.3, -0.25) is 5.10 Å². The van der Waals surface area contributed by atoms with Crippen molar-refractivity contribution in [3.05, 3.63) is 54.7 Å². The zero-order valence-corrected chi connectivity index (χ0v) is 11.9. The highest BCUT2D eigenvalue weighted by molar-refractivity contribution is 5.89. The van der Waals surface area contributed by atoms with Crippen LogP contribution in [0.1, 0.15) is 5.69 Å². The molecule has 2 N–H and O–H groups in total. The van der Waals surface area contributed by atoms with Crippen molar-refractivity contribution in [1.29, 1.82) is 0 Å². The van der Waals surface area contributed by atoms with Gasteiger partial charge in [-0.25, -0.2) is 14.6 Å². The van der Waals surface area contributed by atoms with Crippen LogP contribution in [0.5, 0.6) is 0 Å². The van der Waals surface area contributed by atoms with Gasteiger partial charge in [0.2, 0.25) is 0 Å². The molecule has 3 heterocycles. The molecule has 0 aliphatic carbocycles. The van der Waals surface area contributed by atoms with E-state index in [1.54, 1.807) is 17.1 Å². The number of aryl methyl sites for hydroxylation is 1. The van der Waals surface area contributed by atoms with Crippen molar-refractivity contribution >= 4 is 22.5 Å². The number of benzene rings is 1. The first-order chi connectivity index (χ1) is 10.8. The van der Waals surface area contributed by atoms with E-state index in [0.29, 0.717) is 5.82 Å². The molecule has 108 valence electrons. The van der Waals surface area contributed by atoms with Crippen molar-refractivity contribution in [3.63, 3.8) is 0 Å². The quantitative estimate of drug-likeness (QED) is 0.606. The Kier molecular flexibility index (Phi) is 2.82. The molecule has 0 bridgehead atoms. The highest BCUT2D eigenvalue weighted by Gasteiger charge is 2.12. The van der Waals surface area contributed by atoms with Crippen molar-refractivity contribution in [1.82, 2.24) is 29.9 Å². The van der Waals surface area contributed by atoms with Crippen LogP contribution in [0.15, 0.2) is 49.1 Å². The predicted octanol–water partition coefficient (Wildman–Crippen LogP) is 2.59. The van der Waals surface area contributed by atoms with E-state index in [0.717, 1.165) is 28.1 Å². The number of anilines is 2. The van der Waals surface area contributed by atoms with Crippen molar-refractivity contribution in [2.75, 3.05) is 5.32 Å². The lowest BCUT2D eigenvalue weighted by Crippen LogP contribution is -1.99. The van der Waals surface area contributed by atoms with Crippen molar-refractivity contribution in [3.8, 4) is 5.69 Å². The Hall–Kier alpha value is -3.22. The summed E-state index contributed by atoms with van der Waals surface area (Å²) in [7, 11) is 0. The van der Waals surface area contributed by atoms with Crippen molar-refractivity contribution in [2.45, 2.75) is 6.92 Å². The second-order valence-corrected chi connectivity index (χ2v) is 4.89. The average molecular weight is 291 g/mol. The third-order valence-electron chi connectivity index (χ3n) is 3.45. The molecule has 3 aromatic heterocycles. The SMILES string of the molecule is Cc1[nH]ncc1Nc1ncnc2c1cnn2-c1ccccc1. The van der Waals surface area contributed by atoms with Gasteiger partial charge in [0, 0.05) is 0 Å². The zero-order chi connectivity index (χ0) is 14.9. The van der Waals surface area contributed by atoms with Gasteiger partial charge in [-0.1, -0.05) is 18.2 Å². The van der Waals surface area contributed by atoms with Crippen LogP contribution in [-0.4, -0.2) is 29.9 Å². The molecule has 22 heavy (non-hydrogen) atoms. The summed E-state index contributed by atoms with van der Waals surface area (Å²) in [5.41, 5.74) is 3.54. The van der Waals surface area contributed by atoms with Crippen LogP contribution in [0.2, 0.25) is 0 Å². The lowest BCUT2D eigenvalue weighted by atomic mass is 10.3. The van der Waals surface area contributed by atoms with E-state index in [4.69, 9.17) is 0 Å². The van der Waals surface area contributed by atoms with Crippen molar-refractivity contribution < 1.29 is 0 Å². The van der Waals surface area contributed by atoms with E-state index in [-0.39, 0.29) is 0 Å². The third-order valence-corrected chi connectivity index (χ3v) is 3.45. The molecular formula is C15H13N7. The second-order valence-electron chi connectivity index (χ2n) is 4.89. The molecule has 1 aromatic carbocycles. The molecule has 0 atom stereocenters. The summed E-state index contributed by atoms with van der Waals surface area (Å²) in [6.45, 7) is 1.95. The van der Waals surface area contributed by atoms with E-state index in [2.05, 4.69) is 30.6 Å². The topological polar surface area (TPSA) is 84.3 Å². The first-order valence-electron chi connectivity index (χ1n) is 6.84. The largest absolute Gasteiger partial charge is 0.337 e. The van der Waals surface area contributed by atoms with Gasteiger partial charge in [0.25, 0.3) is 0 Å². The Morgan fingerprint density at radius 2 is 1.95 bits per heavy atom. The molecule has 0 amide bonds. The van der Waals surface area contributed by atoms with Gasteiger partial charge < -0.3 is 5.32 Å². The first-order valence-corrected chi connectivity index (χ1v) is 6.84. The van der Waals surface area contributed by atoms with E-state index in [1.807, 2.05) is 37.3 Å². The van der Waals surface area contributed by atoms with Crippen LogP contribution in [0.25, 0.3) is 16.7 Å². The molecule has 0 aliphatic heterocycles. The molecule has 0 saturated heterocycles. The van der Waals surface area contributed by atoms with Crippen LogP contribution in [0.3, 0.4) is 0 Å². The number of rotatable bonds is 3. The molecule has 0 fully saturated rings. The fourth-order valence-corrected chi connectivity index (χ4v) is 2.31. The van der Waals surface area contributed by atoms with E-state index < -0.39 is 0 Å². The monoisotopic (exact) mass is 291 g/mol. The molecule has 4 rings (SSSR count). The minimum absolute atomic E-state index is 0.705. The molecule has 0 spiro atoms. The lowest BCUT2D eigenvalue weighted by molar-refractivity contribution is 0.895. The van der Waals surface area contributed by atoms with Gasteiger partial charge in [0.15, 0.2) is 5.65 Å². The Morgan fingerprint density at radius 1 is 1.09 bits per heavy atom. The van der Waals surface area contributed by atoms with Gasteiger partial charge in [-0.2, -0.15) is 10.2 Å². The Bertz CT molecular complexity index is 923. The highest BCUT2D eigenvalue weighted by Crippen LogP contribution is 2.25. The first kappa shape index (κ1) is 12.5. The molecule has 7 heteroatoms. The van der Waals surface area contributed by atoms with Gasteiger partial charge >= 0.3 is 0 Å². The number of hydrogen-bond donors (Lipinski definition) is 2. The van der Waals surface area contributed by atoms with Gasteiger partial charge in [0.05, 0.1) is 34.8 Å². The van der Waals surface area contributed by atoms with E-state index in [1.165, 1.54) is 6.33 Å². The van der Waals surface area contributed by atoms with Crippen LogP contribution in [0, 0.1) is 6.92 Å². The van der Waals surface area contributed by atoms with Crippen LogP contribution >= 0.6 is 0 Å². The lowest BCUT2D eigenvalue weighted by Gasteiger charge is -2.05. The maximum atomic E-state index is 4.43. The zero-order valence-electron chi connectivity index (χ0n) is 11.9. The Balaban J connectivity index is 1.82. The van der Waals surface area contributed by atoms with Gasteiger partial charge in [-0.05, 0) is 19.1 Å².